The number of aliphatic imine (C=N–C) groups is 1. The van der Waals surface area contributed by atoms with Crippen LogP contribution in [0.3, 0.4) is 0 Å². The lowest BCUT2D eigenvalue weighted by atomic mass is 9.75. The van der Waals surface area contributed by atoms with E-state index in [0.717, 1.165) is 32.5 Å². The number of nitrogens with zero attached hydrogens (tertiary/aromatic N) is 4. The molecule has 1 aromatic heterocycles. The van der Waals surface area contributed by atoms with Gasteiger partial charge in [-0.2, -0.15) is 0 Å². The van der Waals surface area contributed by atoms with Crippen molar-refractivity contribution in [3.8, 4) is 5.75 Å². The third kappa shape index (κ3) is 3.16. The predicted octanol–water partition coefficient (Wildman–Crippen LogP) is 1.74. The number of hydrogen-bond donors (Lipinski definition) is 1. The van der Waals surface area contributed by atoms with E-state index in [2.05, 4.69) is 9.89 Å². The van der Waals surface area contributed by atoms with Crippen LogP contribution in [-0.2, 0) is 18.3 Å². The van der Waals surface area contributed by atoms with Crippen molar-refractivity contribution < 1.29 is 9.47 Å². The summed E-state index contributed by atoms with van der Waals surface area (Å²) in [4.78, 5) is 25.0. The first-order valence-corrected chi connectivity index (χ1v) is 10.9. The van der Waals surface area contributed by atoms with Crippen LogP contribution in [-0.4, -0.2) is 54.7 Å². The molecule has 4 heterocycles. The molecule has 0 amide bonds. The summed E-state index contributed by atoms with van der Waals surface area (Å²) in [5.41, 5.74) is 8.70. The molecule has 31 heavy (non-hydrogen) atoms. The second-order valence-corrected chi connectivity index (χ2v) is 8.93. The van der Waals surface area contributed by atoms with E-state index in [1.807, 2.05) is 12.1 Å². The highest BCUT2D eigenvalue weighted by atomic mass is 35.5. The molecule has 8 nitrogen and oxygen atoms in total. The summed E-state index contributed by atoms with van der Waals surface area (Å²) in [7, 11) is 3.33. The molecule has 3 aliphatic heterocycles. The molecule has 2 aromatic rings. The SMILES string of the molecule is COc1cccc(C2=NCc3nc(N4CCC5(CC4)COC[C@H]5N)n(C)c(=O)c32)c1Cl. The third-order valence-corrected chi connectivity index (χ3v) is 7.31. The number of rotatable bonds is 3. The Kier molecular flexibility index (Phi) is 5.03. The highest BCUT2D eigenvalue weighted by molar-refractivity contribution is 6.37. The Bertz CT molecular complexity index is 1120. The van der Waals surface area contributed by atoms with Crippen molar-refractivity contribution in [3.05, 3.63) is 50.4 Å². The number of ether oxygens (including phenoxy) is 2. The number of piperidine rings is 1. The van der Waals surface area contributed by atoms with Crippen LogP contribution in [0, 0.1) is 5.41 Å². The van der Waals surface area contributed by atoms with Crippen LogP contribution in [0.15, 0.2) is 28.0 Å². The molecule has 2 fully saturated rings. The lowest BCUT2D eigenvalue weighted by Crippen LogP contribution is -2.50. The topological polar surface area (TPSA) is 95.0 Å². The van der Waals surface area contributed by atoms with E-state index in [9.17, 15) is 4.79 Å². The van der Waals surface area contributed by atoms with E-state index in [-0.39, 0.29) is 17.0 Å². The van der Waals surface area contributed by atoms with Crippen LogP contribution in [0.25, 0.3) is 0 Å². The van der Waals surface area contributed by atoms with Crippen molar-refractivity contribution in [2.24, 2.45) is 23.2 Å². The van der Waals surface area contributed by atoms with Gasteiger partial charge >= 0.3 is 0 Å². The maximum Gasteiger partial charge on any atom is 0.264 e. The van der Waals surface area contributed by atoms with Crippen LogP contribution < -0.4 is 20.9 Å². The number of methoxy groups -OCH3 is 1. The maximum atomic E-state index is 13.4. The Morgan fingerprint density at radius 2 is 2.10 bits per heavy atom. The Morgan fingerprint density at radius 1 is 1.32 bits per heavy atom. The van der Waals surface area contributed by atoms with Crippen molar-refractivity contribution in [3.63, 3.8) is 0 Å². The van der Waals surface area contributed by atoms with Crippen LogP contribution in [0.4, 0.5) is 5.95 Å². The zero-order valence-electron chi connectivity index (χ0n) is 17.7. The molecule has 1 aromatic carbocycles. The molecule has 0 saturated carbocycles. The Hall–Kier alpha value is -2.42. The first kappa shape index (κ1) is 20.5. The standard InChI is InChI=1S/C22H26ClN5O3/c1-27-20(29)17-14(10-25-19(17)13-4-3-5-15(30-2)18(13)23)26-21(27)28-8-6-22(7-9-28)12-31-11-16(22)24/h3-5,16H,6-12,24H2,1-2H3/t16-/m1/s1. The van der Waals surface area contributed by atoms with E-state index >= 15 is 0 Å². The van der Waals surface area contributed by atoms with Crippen molar-refractivity contribution in [2.45, 2.75) is 25.4 Å². The van der Waals surface area contributed by atoms with Gasteiger partial charge in [-0.25, -0.2) is 4.98 Å². The number of anilines is 1. The summed E-state index contributed by atoms with van der Waals surface area (Å²) in [6.07, 6.45) is 1.87. The van der Waals surface area contributed by atoms with Crippen molar-refractivity contribution in [1.82, 2.24) is 9.55 Å². The van der Waals surface area contributed by atoms with Crippen molar-refractivity contribution in [1.29, 1.82) is 0 Å². The highest BCUT2D eigenvalue weighted by Crippen LogP contribution is 2.39. The molecule has 0 radical (unpaired) electrons. The van der Waals surface area contributed by atoms with Gasteiger partial charge in [0.2, 0.25) is 5.95 Å². The lowest BCUT2D eigenvalue weighted by Gasteiger charge is -2.41. The van der Waals surface area contributed by atoms with Crippen LogP contribution >= 0.6 is 11.6 Å². The number of fused-ring (bicyclic) bond motifs is 1. The molecule has 164 valence electrons. The quantitative estimate of drug-likeness (QED) is 0.776. The monoisotopic (exact) mass is 443 g/mol. The second-order valence-electron chi connectivity index (χ2n) is 8.56. The summed E-state index contributed by atoms with van der Waals surface area (Å²) in [6, 6.07) is 5.55. The lowest BCUT2D eigenvalue weighted by molar-refractivity contribution is 0.131. The van der Waals surface area contributed by atoms with Gasteiger partial charge in [-0.15, -0.1) is 0 Å². The maximum absolute atomic E-state index is 13.4. The first-order chi connectivity index (χ1) is 14.9. The largest absolute Gasteiger partial charge is 0.495 e. The van der Waals surface area contributed by atoms with E-state index in [0.29, 0.717) is 52.4 Å². The zero-order valence-corrected chi connectivity index (χ0v) is 18.5. The van der Waals surface area contributed by atoms with Gasteiger partial charge in [-0.3, -0.25) is 14.4 Å². The molecule has 0 unspecified atom stereocenters. The van der Waals surface area contributed by atoms with Gasteiger partial charge in [0.05, 0.1) is 48.9 Å². The van der Waals surface area contributed by atoms with Crippen molar-refractivity contribution >= 4 is 23.3 Å². The molecular weight excluding hydrogens is 418 g/mol. The van der Waals surface area contributed by atoms with Gasteiger partial charge in [0.15, 0.2) is 0 Å². The predicted molar refractivity (Wildman–Crippen MR) is 119 cm³/mol. The number of aromatic nitrogens is 2. The van der Waals surface area contributed by atoms with E-state index in [4.69, 9.17) is 31.8 Å². The molecule has 2 saturated heterocycles. The zero-order chi connectivity index (χ0) is 21.8. The second kappa shape index (κ2) is 7.62. The highest BCUT2D eigenvalue weighted by Gasteiger charge is 2.44. The molecule has 3 aliphatic rings. The average molecular weight is 444 g/mol. The Morgan fingerprint density at radius 3 is 2.77 bits per heavy atom. The number of nitrogens with two attached hydrogens (primary N) is 1. The molecule has 9 heteroatoms. The summed E-state index contributed by atoms with van der Waals surface area (Å²) in [5, 5.41) is 0.444. The fourth-order valence-electron chi connectivity index (χ4n) is 4.91. The van der Waals surface area contributed by atoms with E-state index in [1.54, 1.807) is 24.8 Å². The molecule has 2 N–H and O–H groups in total. The summed E-state index contributed by atoms with van der Waals surface area (Å²) < 4.78 is 12.6. The Balaban J connectivity index is 1.47. The van der Waals surface area contributed by atoms with Crippen LogP contribution in [0.2, 0.25) is 5.02 Å². The first-order valence-electron chi connectivity index (χ1n) is 10.5. The van der Waals surface area contributed by atoms with E-state index < -0.39 is 0 Å². The fraction of sp³-hybridized carbons (Fsp3) is 0.500. The van der Waals surface area contributed by atoms with Crippen molar-refractivity contribution in [2.75, 3.05) is 38.3 Å². The minimum atomic E-state index is -0.115. The minimum absolute atomic E-state index is 0.0471. The molecule has 1 atom stereocenters. The van der Waals surface area contributed by atoms with Gasteiger partial charge < -0.3 is 20.1 Å². The summed E-state index contributed by atoms with van der Waals surface area (Å²) in [5.74, 6) is 1.23. The number of hydrogen-bond acceptors (Lipinski definition) is 7. The van der Waals surface area contributed by atoms with Gasteiger partial charge in [-0.05, 0) is 18.9 Å². The van der Waals surface area contributed by atoms with Gasteiger partial charge in [0.1, 0.15) is 5.75 Å². The Labute approximate surface area is 185 Å². The average Bonchev–Trinajstić information content (AvgIpc) is 3.35. The fourth-order valence-corrected chi connectivity index (χ4v) is 5.21. The van der Waals surface area contributed by atoms with Gasteiger partial charge in [0.25, 0.3) is 5.56 Å². The normalized spacial score (nSPS) is 22.0. The van der Waals surface area contributed by atoms with Crippen LogP contribution in [0.5, 0.6) is 5.75 Å². The van der Waals surface area contributed by atoms with E-state index in [1.165, 1.54) is 0 Å². The number of benzene rings is 1. The third-order valence-electron chi connectivity index (χ3n) is 6.92. The van der Waals surface area contributed by atoms with Gasteiger partial charge in [-0.1, -0.05) is 23.7 Å². The van der Waals surface area contributed by atoms with Crippen LogP contribution in [0.1, 0.15) is 29.7 Å². The summed E-state index contributed by atoms with van der Waals surface area (Å²) in [6.45, 7) is 3.30. The summed E-state index contributed by atoms with van der Waals surface area (Å²) >= 11 is 6.51. The molecule has 0 aliphatic carbocycles. The molecule has 1 spiro atoms. The molecular formula is C22H26ClN5O3. The number of halogens is 1. The smallest absolute Gasteiger partial charge is 0.264 e. The molecule has 5 rings (SSSR count). The molecule has 0 bridgehead atoms. The minimum Gasteiger partial charge on any atom is -0.495 e. The van der Waals surface area contributed by atoms with Gasteiger partial charge in [0, 0.05) is 37.2 Å².